The van der Waals surface area contributed by atoms with Crippen LogP contribution < -0.4 is 4.74 Å². The Morgan fingerprint density at radius 3 is 2.50 bits per heavy atom. The Morgan fingerprint density at radius 1 is 1.14 bits per heavy atom. The van der Waals surface area contributed by atoms with Crippen LogP contribution in [0, 0.1) is 0 Å². The summed E-state index contributed by atoms with van der Waals surface area (Å²) < 4.78 is 5.48. The van der Waals surface area contributed by atoms with E-state index in [-0.39, 0.29) is 43.3 Å². The summed E-state index contributed by atoms with van der Waals surface area (Å²) in [5.74, 6) is 0.877. The molecule has 0 spiro atoms. The van der Waals surface area contributed by atoms with E-state index < -0.39 is 0 Å². The Hall–Kier alpha value is -0.440. The van der Waals surface area contributed by atoms with Crippen LogP contribution in [-0.2, 0) is 0 Å². The molecule has 0 saturated heterocycles. The lowest BCUT2D eigenvalue weighted by atomic mass is 10.2. The third kappa shape index (κ3) is 3.37. The Kier molecular flexibility index (Phi) is 7.93. The SMILES string of the molecule is CC1C=Nc2ccccc2O1.Cl.Cl.Cl. The second kappa shape index (κ2) is 6.93. The van der Waals surface area contributed by atoms with E-state index in [0.29, 0.717) is 0 Å². The van der Waals surface area contributed by atoms with Crippen molar-refractivity contribution in [3.05, 3.63) is 24.3 Å². The van der Waals surface area contributed by atoms with Gasteiger partial charge in [-0.15, -0.1) is 37.2 Å². The van der Waals surface area contributed by atoms with Gasteiger partial charge < -0.3 is 4.74 Å². The van der Waals surface area contributed by atoms with Crippen molar-refractivity contribution in [2.24, 2.45) is 4.99 Å². The van der Waals surface area contributed by atoms with Gasteiger partial charge in [0.05, 0.1) is 0 Å². The minimum absolute atomic E-state index is 0. The van der Waals surface area contributed by atoms with E-state index in [9.17, 15) is 0 Å². The fraction of sp³-hybridized carbons (Fsp3) is 0.222. The van der Waals surface area contributed by atoms with Crippen LogP contribution in [0.15, 0.2) is 29.3 Å². The van der Waals surface area contributed by atoms with E-state index in [0.717, 1.165) is 11.4 Å². The standard InChI is InChI=1S/C9H9NO.3ClH/c1-7-6-10-8-4-2-3-5-9(8)11-7;;;/h2-7H,1H3;3*1H. The maximum Gasteiger partial charge on any atom is 0.145 e. The Morgan fingerprint density at radius 2 is 1.79 bits per heavy atom. The minimum Gasteiger partial charge on any atom is -0.483 e. The van der Waals surface area contributed by atoms with Crippen LogP contribution in [0.3, 0.4) is 0 Å². The van der Waals surface area contributed by atoms with E-state index in [2.05, 4.69) is 4.99 Å². The maximum atomic E-state index is 5.48. The van der Waals surface area contributed by atoms with E-state index >= 15 is 0 Å². The number of aliphatic imine (C=N–C) groups is 1. The molecule has 14 heavy (non-hydrogen) atoms. The fourth-order valence-electron chi connectivity index (χ4n) is 1.08. The van der Waals surface area contributed by atoms with Crippen molar-refractivity contribution in [1.29, 1.82) is 0 Å². The summed E-state index contributed by atoms with van der Waals surface area (Å²) in [6, 6.07) is 7.78. The van der Waals surface area contributed by atoms with Crippen LogP contribution in [0.1, 0.15) is 6.92 Å². The van der Waals surface area contributed by atoms with E-state index in [4.69, 9.17) is 4.74 Å². The van der Waals surface area contributed by atoms with Gasteiger partial charge in [0.2, 0.25) is 0 Å². The van der Waals surface area contributed by atoms with Crippen molar-refractivity contribution in [3.8, 4) is 5.75 Å². The lowest BCUT2D eigenvalue weighted by Crippen LogP contribution is -2.15. The predicted molar refractivity (Wildman–Crippen MR) is 66.4 cm³/mol. The molecule has 1 heterocycles. The molecule has 2 nitrogen and oxygen atoms in total. The first kappa shape index (κ1) is 16.0. The van der Waals surface area contributed by atoms with Crippen LogP contribution in [0.25, 0.3) is 0 Å². The number of hydrogen-bond acceptors (Lipinski definition) is 2. The van der Waals surface area contributed by atoms with Gasteiger partial charge in [-0.05, 0) is 19.1 Å². The van der Waals surface area contributed by atoms with Crippen LogP contribution in [0.4, 0.5) is 5.69 Å². The van der Waals surface area contributed by atoms with Crippen molar-refractivity contribution < 1.29 is 4.74 Å². The van der Waals surface area contributed by atoms with Gasteiger partial charge in [0.1, 0.15) is 17.5 Å². The van der Waals surface area contributed by atoms with Gasteiger partial charge in [-0.3, -0.25) is 4.99 Å². The number of hydrogen-bond donors (Lipinski definition) is 0. The van der Waals surface area contributed by atoms with Gasteiger partial charge in [-0.25, -0.2) is 0 Å². The number of ether oxygens (including phenoxy) is 1. The van der Waals surface area contributed by atoms with Crippen LogP contribution in [0.2, 0.25) is 0 Å². The molecule has 0 amide bonds. The first-order valence-electron chi connectivity index (χ1n) is 3.66. The van der Waals surface area contributed by atoms with Gasteiger partial charge in [-0.1, -0.05) is 12.1 Å². The highest BCUT2D eigenvalue weighted by Gasteiger charge is 2.09. The van der Waals surface area contributed by atoms with Crippen molar-refractivity contribution in [1.82, 2.24) is 0 Å². The van der Waals surface area contributed by atoms with Gasteiger partial charge >= 0.3 is 0 Å². The molecule has 0 saturated carbocycles. The lowest BCUT2D eigenvalue weighted by Gasteiger charge is -2.16. The molecule has 1 aliphatic rings. The van der Waals surface area contributed by atoms with Crippen molar-refractivity contribution in [2.75, 3.05) is 0 Å². The molecule has 1 aromatic carbocycles. The Bertz CT molecular complexity index is 304. The average molecular weight is 257 g/mol. The number of para-hydroxylation sites is 2. The van der Waals surface area contributed by atoms with Crippen LogP contribution in [0.5, 0.6) is 5.75 Å². The molecular formula is C9H12Cl3NO. The largest absolute Gasteiger partial charge is 0.483 e. The summed E-state index contributed by atoms with van der Waals surface area (Å²) in [4.78, 5) is 4.22. The van der Waals surface area contributed by atoms with Crippen molar-refractivity contribution in [3.63, 3.8) is 0 Å². The molecule has 1 unspecified atom stereocenters. The number of fused-ring (bicyclic) bond motifs is 1. The van der Waals surface area contributed by atoms with Gasteiger partial charge in [0.15, 0.2) is 0 Å². The van der Waals surface area contributed by atoms with E-state index in [1.165, 1.54) is 0 Å². The Labute approximate surface area is 102 Å². The molecule has 1 aliphatic heterocycles. The third-order valence-corrected chi connectivity index (χ3v) is 1.60. The summed E-state index contributed by atoms with van der Waals surface area (Å²) in [5.41, 5.74) is 0.922. The fourth-order valence-corrected chi connectivity index (χ4v) is 1.08. The average Bonchev–Trinajstić information content (AvgIpc) is 2.04. The first-order chi connectivity index (χ1) is 5.36. The van der Waals surface area contributed by atoms with Gasteiger partial charge in [0, 0.05) is 6.21 Å². The number of rotatable bonds is 0. The first-order valence-corrected chi connectivity index (χ1v) is 3.66. The molecule has 0 radical (unpaired) electrons. The second-order valence-corrected chi connectivity index (χ2v) is 2.57. The normalized spacial score (nSPS) is 16.2. The monoisotopic (exact) mass is 255 g/mol. The molecule has 80 valence electrons. The van der Waals surface area contributed by atoms with Gasteiger partial charge in [-0.2, -0.15) is 0 Å². The molecule has 0 aromatic heterocycles. The van der Waals surface area contributed by atoms with E-state index in [1.54, 1.807) is 0 Å². The molecule has 0 bridgehead atoms. The quantitative estimate of drug-likeness (QED) is 0.697. The molecular weight excluding hydrogens is 244 g/mol. The van der Waals surface area contributed by atoms with Crippen LogP contribution >= 0.6 is 37.2 Å². The second-order valence-electron chi connectivity index (χ2n) is 2.57. The third-order valence-electron chi connectivity index (χ3n) is 1.60. The summed E-state index contributed by atoms with van der Waals surface area (Å²) in [6.07, 6.45) is 1.91. The van der Waals surface area contributed by atoms with Crippen molar-refractivity contribution in [2.45, 2.75) is 13.0 Å². The molecule has 2 rings (SSSR count). The highest BCUT2D eigenvalue weighted by atomic mass is 35.5. The number of halogens is 3. The van der Waals surface area contributed by atoms with Crippen LogP contribution in [-0.4, -0.2) is 12.3 Å². The molecule has 0 aliphatic carbocycles. The summed E-state index contributed by atoms with van der Waals surface area (Å²) in [6.45, 7) is 1.97. The molecule has 5 heteroatoms. The predicted octanol–water partition coefficient (Wildman–Crippen LogP) is 3.44. The number of benzene rings is 1. The minimum atomic E-state index is 0. The summed E-state index contributed by atoms with van der Waals surface area (Å²) in [7, 11) is 0. The topological polar surface area (TPSA) is 21.6 Å². The molecule has 0 N–H and O–H groups in total. The van der Waals surface area contributed by atoms with E-state index in [1.807, 2.05) is 37.4 Å². The zero-order valence-corrected chi connectivity index (χ0v) is 9.99. The molecule has 1 aromatic rings. The lowest BCUT2D eigenvalue weighted by molar-refractivity contribution is 0.288. The Balaban J connectivity index is 0. The molecule has 0 fully saturated rings. The van der Waals surface area contributed by atoms with Gasteiger partial charge in [0.25, 0.3) is 0 Å². The highest BCUT2D eigenvalue weighted by molar-refractivity contribution is 5.86. The number of nitrogens with zero attached hydrogens (tertiary/aromatic N) is 1. The molecule has 1 atom stereocenters. The highest BCUT2D eigenvalue weighted by Crippen LogP contribution is 2.29. The van der Waals surface area contributed by atoms with Crippen molar-refractivity contribution >= 4 is 49.1 Å². The summed E-state index contributed by atoms with van der Waals surface area (Å²) in [5, 5.41) is 0. The maximum absolute atomic E-state index is 5.48. The zero-order valence-electron chi connectivity index (χ0n) is 7.54. The summed E-state index contributed by atoms with van der Waals surface area (Å²) >= 11 is 0. The zero-order chi connectivity index (χ0) is 7.68. The smallest absolute Gasteiger partial charge is 0.145 e.